The molecule has 1 unspecified atom stereocenters. The Kier molecular flexibility index (Phi) is 19.3. The molecule has 7 aromatic rings. The lowest BCUT2D eigenvalue weighted by molar-refractivity contribution is 0.659. The van der Waals surface area contributed by atoms with Crippen molar-refractivity contribution >= 4 is 17.5 Å². The van der Waals surface area contributed by atoms with Gasteiger partial charge in [-0.25, -0.2) is 0 Å². The zero-order chi connectivity index (χ0) is 53.4. The van der Waals surface area contributed by atoms with Crippen molar-refractivity contribution < 1.29 is 0 Å². The second-order valence-electron chi connectivity index (χ2n) is 21.7. The number of allylic oxidation sites excluding steroid dienone is 10. The van der Waals surface area contributed by atoms with Gasteiger partial charge >= 0.3 is 0 Å². The first-order chi connectivity index (χ1) is 37.1. The molecular formula is C75H83N. The zero-order valence-electron chi connectivity index (χ0n) is 47.3. The number of nitrogens with zero attached hydrogens (tertiary/aromatic N) is 1. The van der Waals surface area contributed by atoms with Crippen LogP contribution in [0, 0.1) is 39.5 Å². The van der Waals surface area contributed by atoms with Gasteiger partial charge in [0.1, 0.15) is 0 Å². The first-order valence-electron chi connectivity index (χ1n) is 28.6. The largest absolute Gasteiger partial charge is 0.261 e. The highest BCUT2D eigenvalue weighted by molar-refractivity contribution is 5.82. The third kappa shape index (κ3) is 13.8. The summed E-state index contributed by atoms with van der Waals surface area (Å²) in [7, 11) is 0. The van der Waals surface area contributed by atoms with E-state index in [9.17, 15) is 0 Å². The van der Waals surface area contributed by atoms with Gasteiger partial charge in [-0.1, -0.05) is 234 Å². The van der Waals surface area contributed by atoms with Crippen molar-refractivity contribution in [2.45, 2.75) is 132 Å². The Labute approximate surface area is 458 Å². The van der Waals surface area contributed by atoms with E-state index in [1.807, 2.05) is 20.1 Å². The van der Waals surface area contributed by atoms with Gasteiger partial charge in [0.05, 0.1) is 5.69 Å². The standard InChI is InChI=1S/C29H28.C18H21N.C13H10.C13H18.C2H6/c1-20-9-15-25-26-16-12-22(19-28(26)29(2,3)27(25)17-20)18-21-10-13-24(14-11-21)23-7-5-4-6-8-23;1-5-12-19-17-11-10-14(3)18(15(17)4)16-9-7-6-8-13(16)2;1-3-7-12-10(5-1)9-11-6-2-4-8-13(11)12;1-2-6-12(7-3-1)8-4-5-9-13-10-11-13;1-2/h4-5,7,9-17,19H,6,8,18H2,1-3H3;6-12H,5H2,1-4H3;1-8H,9H2;1-6,12-13H,7-11H2;1-2H3/b;;;5-4+;. The van der Waals surface area contributed by atoms with Crippen LogP contribution in [0.4, 0.5) is 5.69 Å². The first-order valence-corrected chi connectivity index (χ1v) is 28.6. The Morgan fingerprint density at radius 2 is 1.24 bits per heavy atom. The topological polar surface area (TPSA) is 12.4 Å². The van der Waals surface area contributed by atoms with Crippen molar-refractivity contribution in [1.29, 1.82) is 0 Å². The molecule has 0 aromatic heterocycles. The molecule has 5 aliphatic carbocycles. The van der Waals surface area contributed by atoms with Crippen molar-refractivity contribution in [2.24, 2.45) is 16.8 Å². The number of benzene rings is 7. The van der Waals surface area contributed by atoms with Gasteiger partial charge < -0.3 is 0 Å². The first kappa shape index (κ1) is 55.2. The Hall–Kier alpha value is -7.09. The van der Waals surface area contributed by atoms with E-state index in [4.69, 9.17) is 0 Å². The molecule has 0 radical (unpaired) electrons. The fourth-order valence-electron chi connectivity index (χ4n) is 11.2. The monoisotopic (exact) mass is 998 g/mol. The molecule has 5 aliphatic rings. The van der Waals surface area contributed by atoms with E-state index >= 15 is 0 Å². The van der Waals surface area contributed by atoms with Crippen molar-refractivity contribution in [2.75, 3.05) is 0 Å². The molecule has 0 saturated heterocycles. The molecule has 0 N–H and O–H groups in total. The van der Waals surface area contributed by atoms with Crippen LogP contribution in [0.1, 0.15) is 147 Å². The minimum Gasteiger partial charge on any atom is -0.261 e. The lowest BCUT2D eigenvalue weighted by Gasteiger charge is -2.22. The van der Waals surface area contributed by atoms with Crippen molar-refractivity contribution in [3.63, 3.8) is 0 Å². The van der Waals surface area contributed by atoms with Gasteiger partial charge in [-0.05, 0) is 204 Å². The molecule has 1 atom stereocenters. The Morgan fingerprint density at radius 3 is 1.88 bits per heavy atom. The summed E-state index contributed by atoms with van der Waals surface area (Å²) in [6, 6.07) is 53.3. The maximum atomic E-state index is 4.56. The molecule has 0 bridgehead atoms. The highest BCUT2D eigenvalue weighted by Gasteiger charge is 2.35. The SMILES string of the molecule is C1=CCC(C/C=C/CC2CC2)C=C1.CC.CCC=Nc1ccc(C)c(-c2ccccc2C)c1C.Cc1ccc2c(c1)C(C)(C)c1cc(Cc3ccc(C4=CC=CCC4)cc3)ccc1-2.c1ccc2c(c1)Cc1ccccc1-2. The van der Waals surface area contributed by atoms with Crippen LogP contribution in [0.25, 0.3) is 39.0 Å². The third-order valence-electron chi connectivity index (χ3n) is 15.7. The van der Waals surface area contributed by atoms with Crippen LogP contribution in [-0.4, -0.2) is 6.21 Å². The van der Waals surface area contributed by atoms with Crippen LogP contribution in [0.5, 0.6) is 0 Å². The summed E-state index contributed by atoms with van der Waals surface area (Å²) in [6.45, 7) is 19.5. The van der Waals surface area contributed by atoms with E-state index in [0.717, 1.165) is 49.6 Å². The van der Waals surface area contributed by atoms with Gasteiger partial charge in [0.2, 0.25) is 0 Å². The average molecular weight is 998 g/mol. The molecule has 76 heavy (non-hydrogen) atoms. The fourth-order valence-corrected chi connectivity index (χ4v) is 11.2. The maximum Gasteiger partial charge on any atom is 0.0661 e. The molecule has 1 nitrogen and oxygen atoms in total. The van der Waals surface area contributed by atoms with Crippen molar-refractivity contribution in [3.05, 3.63) is 261 Å². The van der Waals surface area contributed by atoms with E-state index in [0.29, 0.717) is 0 Å². The van der Waals surface area contributed by atoms with E-state index in [1.54, 1.807) is 0 Å². The zero-order valence-corrected chi connectivity index (χ0v) is 47.3. The number of rotatable bonds is 10. The molecule has 0 amide bonds. The second kappa shape index (κ2) is 26.6. The molecule has 0 heterocycles. The minimum absolute atomic E-state index is 0.0670. The van der Waals surface area contributed by atoms with Crippen LogP contribution in [0.15, 0.2) is 205 Å². The van der Waals surface area contributed by atoms with Gasteiger partial charge in [-0.2, -0.15) is 0 Å². The average Bonchev–Trinajstić information content (AvgIpc) is 4.20. The Balaban J connectivity index is 0.000000141. The quantitative estimate of drug-likeness (QED) is 0.0956. The molecule has 1 fully saturated rings. The van der Waals surface area contributed by atoms with Gasteiger partial charge in [0.25, 0.3) is 0 Å². The van der Waals surface area contributed by atoms with Crippen LogP contribution in [-0.2, 0) is 18.3 Å². The van der Waals surface area contributed by atoms with Crippen molar-refractivity contribution in [1.82, 2.24) is 0 Å². The van der Waals surface area contributed by atoms with Crippen LogP contribution < -0.4 is 0 Å². The fraction of sp³-hybridized carbons (Fsp3) is 0.293. The number of fused-ring (bicyclic) bond motifs is 6. The van der Waals surface area contributed by atoms with Crippen molar-refractivity contribution in [3.8, 4) is 33.4 Å². The summed E-state index contributed by atoms with van der Waals surface area (Å²) in [5, 5.41) is 0. The highest BCUT2D eigenvalue weighted by Crippen LogP contribution is 2.49. The second-order valence-corrected chi connectivity index (χ2v) is 21.7. The Bertz CT molecular complexity index is 3200. The van der Waals surface area contributed by atoms with Gasteiger partial charge in [-0.3, -0.25) is 4.99 Å². The molecule has 7 aromatic carbocycles. The van der Waals surface area contributed by atoms with Gasteiger partial charge in [0, 0.05) is 11.6 Å². The predicted molar refractivity (Wildman–Crippen MR) is 332 cm³/mol. The number of aliphatic imine (C=N–C) groups is 1. The Morgan fingerprint density at radius 1 is 0.592 bits per heavy atom. The minimum atomic E-state index is 0.0670. The van der Waals surface area contributed by atoms with Gasteiger partial charge in [0.15, 0.2) is 0 Å². The molecule has 0 spiro atoms. The maximum absolute atomic E-state index is 4.56. The summed E-state index contributed by atoms with van der Waals surface area (Å²) in [4.78, 5) is 4.56. The molecular weight excluding hydrogens is 915 g/mol. The van der Waals surface area contributed by atoms with Crippen LogP contribution in [0.2, 0.25) is 0 Å². The lowest BCUT2D eigenvalue weighted by atomic mass is 9.81. The molecule has 1 saturated carbocycles. The normalized spacial score (nSPS) is 15.9. The molecule has 12 rings (SSSR count). The summed E-state index contributed by atoms with van der Waals surface area (Å²) >= 11 is 0. The third-order valence-corrected chi connectivity index (χ3v) is 15.7. The van der Waals surface area contributed by atoms with Gasteiger partial charge in [-0.15, -0.1) is 0 Å². The van der Waals surface area contributed by atoms with E-state index in [1.165, 1.54) is 132 Å². The van der Waals surface area contributed by atoms with Crippen LogP contribution >= 0.6 is 0 Å². The van der Waals surface area contributed by atoms with E-state index in [-0.39, 0.29) is 5.41 Å². The smallest absolute Gasteiger partial charge is 0.0661 e. The van der Waals surface area contributed by atoms with E-state index < -0.39 is 0 Å². The summed E-state index contributed by atoms with van der Waals surface area (Å²) in [5.74, 6) is 1.80. The summed E-state index contributed by atoms with van der Waals surface area (Å²) < 4.78 is 0. The van der Waals surface area contributed by atoms with E-state index in [2.05, 4.69) is 254 Å². The molecule has 1 heteroatoms. The number of aryl methyl sites for hydroxylation is 3. The predicted octanol–water partition coefficient (Wildman–Crippen LogP) is 21.2. The summed E-state index contributed by atoms with van der Waals surface area (Å²) in [5.41, 5.74) is 26.1. The lowest BCUT2D eigenvalue weighted by Crippen LogP contribution is -2.15. The number of hydrogen-bond acceptors (Lipinski definition) is 1. The van der Waals surface area contributed by atoms with Crippen LogP contribution in [0.3, 0.4) is 0 Å². The molecule has 0 aliphatic heterocycles. The summed E-state index contributed by atoms with van der Waals surface area (Å²) in [6.07, 6.45) is 34.4. The molecule has 388 valence electrons. The number of hydrogen-bond donors (Lipinski definition) is 0. The highest BCUT2D eigenvalue weighted by atomic mass is 14.7.